The van der Waals surface area contributed by atoms with Crippen molar-refractivity contribution in [1.29, 1.82) is 0 Å². The number of carbonyl (C=O) groups is 2. The van der Waals surface area contributed by atoms with Crippen LogP contribution in [-0.2, 0) is 4.79 Å². The quantitative estimate of drug-likeness (QED) is 0.787. The van der Waals surface area contributed by atoms with Gasteiger partial charge >= 0.3 is 0 Å². The van der Waals surface area contributed by atoms with Crippen LogP contribution in [0.4, 0.5) is 5.69 Å². The minimum absolute atomic E-state index is 0.0168. The molecule has 1 saturated heterocycles. The number of amides is 2. The number of fused-ring (bicyclic) bond motifs is 1. The Hall–Kier alpha value is -3.08. The van der Waals surface area contributed by atoms with Gasteiger partial charge < -0.3 is 14.6 Å². The second kappa shape index (κ2) is 6.33. The number of para-hydroxylation sites is 1. The molecule has 1 aliphatic heterocycles. The number of rotatable bonds is 3. The Morgan fingerprint density at radius 3 is 2.69 bits per heavy atom. The highest BCUT2D eigenvalue weighted by atomic mass is 16.3. The third-order valence-electron chi connectivity index (χ3n) is 4.91. The average molecular weight is 348 g/mol. The lowest BCUT2D eigenvalue weighted by Crippen LogP contribution is -2.37. The number of aryl methyl sites for hydroxylation is 2. The zero-order chi connectivity index (χ0) is 18.3. The van der Waals surface area contributed by atoms with E-state index in [-0.39, 0.29) is 23.6 Å². The van der Waals surface area contributed by atoms with Crippen LogP contribution in [0.25, 0.3) is 11.0 Å². The number of furan rings is 1. The predicted octanol–water partition coefficient (Wildman–Crippen LogP) is 3.58. The van der Waals surface area contributed by atoms with Gasteiger partial charge in [0.05, 0.1) is 6.04 Å². The molecule has 2 amide bonds. The molecule has 132 valence electrons. The first-order chi connectivity index (χ1) is 12.5. The van der Waals surface area contributed by atoms with Crippen molar-refractivity contribution in [2.45, 2.75) is 26.3 Å². The third-order valence-corrected chi connectivity index (χ3v) is 4.91. The Kier molecular flexibility index (Phi) is 3.99. The molecule has 0 saturated carbocycles. The molecule has 2 heterocycles. The van der Waals surface area contributed by atoms with E-state index in [4.69, 9.17) is 4.42 Å². The van der Waals surface area contributed by atoms with Crippen molar-refractivity contribution >= 4 is 28.5 Å². The summed E-state index contributed by atoms with van der Waals surface area (Å²) in [7, 11) is 0. The van der Waals surface area contributed by atoms with E-state index in [1.54, 1.807) is 11.0 Å². The van der Waals surface area contributed by atoms with Crippen molar-refractivity contribution in [3.8, 4) is 0 Å². The summed E-state index contributed by atoms with van der Waals surface area (Å²) >= 11 is 0. The Morgan fingerprint density at radius 2 is 1.92 bits per heavy atom. The lowest BCUT2D eigenvalue weighted by molar-refractivity contribution is -0.117. The van der Waals surface area contributed by atoms with Crippen LogP contribution < -0.4 is 10.2 Å². The second-order valence-corrected chi connectivity index (χ2v) is 6.80. The first kappa shape index (κ1) is 16.4. The SMILES string of the molecule is Cc1ccc(N2C[C@H](NC(=O)c3cc4ccccc4o3)CC2=O)cc1C. The van der Waals surface area contributed by atoms with Crippen molar-refractivity contribution in [1.82, 2.24) is 5.32 Å². The van der Waals surface area contributed by atoms with E-state index in [2.05, 4.69) is 5.32 Å². The molecule has 0 spiro atoms. The van der Waals surface area contributed by atoms with Crippen LogP contribution in [0, 0.1) is 13.8 Å². The number of hydrogen-bond donors (Lipinski definition) is 1. The van der Waals surface area contributed by atoms with Gasteiger partial charge in [0.25, 0.3) is 5.91 Å². The Labute approximate surface area is 151 Å². The van der Waals surface area contributed by atoms with Gasteiger partial charge in [-0.05, 0) is 49.2 Å². The fourth-order valence-electron chi connectivity index (χ4n) is 3.30. The molecule has 1 aromatic heterocycles. The average Bonchev–Trinajstić information content (AvgIpc) is 3.21. The molecule has 1 fully saturated rings. The number of anilines is 1. The normalized spacial score (nSPS) is 17.1. The fraction of sp³-hybridized carbons (Fsp3) is 0.238. The second-order valence-electron chi connectivity index (χ2n) is 6.80. The molecule has 1 aliphatic rings. The summed E-state index contributed by atoms with van der Waals surface area (Å²) < 4.78 is 5.60. The summed E-state index contributed by atoms with van der Waals surface area (Å²) in [6.45, 7) is 4.54. The predicted molar refractivity (Wildman–Crippen MR) is 100 cm³/mol. The molecule has 26 heavy (non-hydrogen) atoms. The van der Waals surface area contributed by atoms with Gasteiger partial charge in [-0.3, -0.25) is 9.59 Å². The molecule has 1 atom stereocenters. The molecular formula is C21H20N2O3. The fourth-order valence-corrected chi connectivity index (χ4v) is 3.30. The van der Waals surface area contributed by atoms with E-state index in [1.807, 2.05) is 56.3 Å². The van der Waals surface area contributed by atoms with Crippen LogP contribution in [0.3, 0.4) is 0 Å². The minimum atomic E-state index is -0.291. The molecule has 5 nitrogen and oxygen atoms in total. The molecule has 3 aromatic rings. The highest BCUT2D eigenvalue weighted by Crippen LogP contribution is 2.25. The van der Waals surface area contributed by atoms with E-state index in [0.29, 0.717) is 18.5 Å². The molecule has 5 heteroatoms. The largest absolute Gasteiger partial charge is 0.451 e. The van der Waals surface area contributed by atoms with Gasteiger partial charge in [0, 0.05) is 24.0 Å². The van der Waals surface area contributed by atoms with Gasteiger partial charge in [-0.1, -0.05) is 24.3 Å². The Balaban J connectivity index is 1.48. The van der Waals surface area contributed by atoms with Crippen LogP contribution >= 0.6 is 0 Å². The van der Waals surface area contributed by atoms with E-state index in [0.717, 1.165) is 16.6 Å². The Morgan fingerprint density at radius 1 is 1.12 bits per heavy atom. The van der Waals surface area contributed by atoms with Gasteiger partial charge in [-0.2, -0.15) is 0 Å². The molecule has 4 rings (SSSR count). The number of nitrogens with zero attached hydrogens (tertiary/aromatic N) is 1. The molecule has 2 aromatic carbocycles. The minimum Gasteiger partial charge on any atom is -0.451 e. The van der Waals surface area contributed by atoms with E-state index in [1.165, 1.54) is 5.56 Å². The summed E-state index contributed by atoms with van der Waals surface area (Å²) in [6.07, 6.45) is 0.291. The summed E-state index contributed by atoms with van der Waals surface area (Å²) in [5, 5.41) is 3.80. The molecule has 0 unspecified atom stereocenters. The molecule has 1 N–H and O–H groups in total. The van der Waals surface area contributed by atoms with Gasteiger partial charge in [0.15, 0.2) is 5.76 Å². The smallest absolute Gasteiger partial charge is 0.287 e. The highest BCUT2D eigenvalue weighted by molar-refractivity contribution is 5.99. The monoisotopic (exact) mass is 348 g/mol. The lowest BCUT2D eigenvalue weighted by Gasteiger charge is -2.18. The summed E-state index contributed by atoms with van der Waals surface area (Å²) in [5.41, 5.74) is 3.88. The summed E-state index contributed by atoms with van der Waals surface area (Å²) in [4.78, 5) is 26.6. The van der Waals surface area contributed by atoms with Crippen LogP contribution in [0.5, 0.6) is 0 Å². The Bertz CT molecular complexity index is 972. The number of carbonyl (C=O) groups excluding carboxylic acids is 2. The van der Waals surface area contributed by atoms with Gasteiger partial charge in [0.1, 0.15) is 5.58 Å². The highest BCUT2D eigenvalue weighted by Gasteiger charge is 2.32. The molecule has 0 bridgehead atoms. The van der Waals surface area contributed by atoms with Gasteiger partial charge in [0.2, 0.25) is 5.91 Å². The van der Waals surface area contributed by atoms with Crippen molar-refractivity contribution in [2.75, 3.05) is 11.4 Å². The van der Waals surface area contributed by atoms with Gasteiger partial charge in [-0.25, -0.2) is 0 Å². The summed E-state index contributed by atoms with van der Waals surface area (Å²) in [5.74, 6) is -0.00706. The standard InChI is InChI=1S/C21H20N2O3/c1-13-7-8-17(9-14(13)2)23-12-16(11-20(23)24)22-21(25)19-10-15-5-3-4-6-18(15)26-19/h3-10,16H,11-12H2,1-2H3,(H,22,25)/t16-/m1/s1. The van der Waals surface area contributed by atoms with Crippen LogP contribution in [-0.4, -0.2) is 24.4 Å². The van der Waals surface area contributed by atoms with Crippen molar-refractivity contribution in [2.24, 2.45) is 0 Å². The lowest BCUT2D eigenvalue weighted by atomic mass is 10.1. The van der Waals surface area contributed by atoms with Crippen molar-refractivity contribution in [3.63, 3.8) is 0 Å². The zero-order valence-corrected chi connectivity index (χ0v) is 14.8. The van der Waals surface area contributed by atoms with Gasteiger partial charge in [-0.15, -0.1) is 0 Å². The first-order valence-electron chi connectivity index (χ1n) is 8.68. The third kappa shape index (κ3) is 2.96. The van der Waals surface area contributed by atoms with E-state index in [9.17, 15) is 9.59 Å². The molecule has 0 aliphatic carbocycles. The zero-order valence-electron chi connectivity index (χ0n) is 14.8. The number of nitrogens with one attached hydrogen (secondary N) is 1. The van der Waals surface area contributed by atoms with E-state index >= 15 is 0 Å². The number of benzene rings is 2. The van der Waals surface area contributed by atoms with E-state index < -0.39 is 0 Å². The maximum atomic E-state index is 12.5. The maximum Gasteiger partial charge on any atom is 0.287 e. The van der Waals surface area contributed by atoms with Crippen molar-refractivity contribution in [3.05, 3.63) is 65.4 Å². The van der Waals surface area contributed by atoms with Crippen LogP contribution in [0.15, 0.2) is 52.9 Å². The molecular weight excluding hydrogens is 328 g/mol. The van der Waals surface area contributed by atoms with Crippen LogP contribution in [0.2, 0.25) is 0 Å². The summed E-state index contributed by atoms with van der Waals surface area (Å²) in [6, 6.07) is 15.0. The molecule has 0 radical (unpaired) electrons. The maximum absolute atomic E-state index is 12.5. The van der Waals surface area contributed by atoms with Crippen LogP contribution in [0.1, 0.15) is 28.1 Å². The first-order valence-corrected chi connectivity index (χ1v) is 8.68. The topological polar surface area (TPSA) is 62.6 Å². The van der Waals surface area contributed by atoms with Crippen molar-refractivity contribution < 1.29 is 14.0 Å². The number of hydrogen-bond acceptors (Lipinski definition) is 3.